The molecular weight excluding hydrogens is 266 g/mol. The molecule has 0 radical (unpaired) electrons. The van der Waals surface area contributed by atoms with E-state index in [9.17, 15) is 4.79 Å². The second-order valence-corrected chi connectivity index (χ2v) is 5.91. The van der Waals surface area contributed by atoms with E-state index < -0.39 is 6.04 Å². The molecule has 0 aliphatic carbocycles. The number of para-hydroxylation sites is 1. The van der Waals surface area contributed by atoms with E-state index in [4.69, 9.17) is 5.26 Å². The summed E-state index contributed by atoms with van der Waals surface area (Å²) >= 11 is 2.96. The molecule has 1 amide bonds. The molecule has 1 aromatic carbocycles. The van der Waals surface area contributed by atoms with E-state index in [0.717, 1.165) is 14.6 Å². The van der Waals surface area contributed by atoms with Crippen LogP contribution in [0.5, 0.6) is 0 Å². The third-order valence-corrected chi connectivity index (χ3v) is 4.35. The van der Waals surface area contributed by atoms with Gasteiger partial charge in [0.2, 0.25) is 5.91 Å². The summed E-state index contributed by atoms with van der Waals surface area (Å²) in [5.41, 5.74) is 0.954. The first-order valence-corrected chi connectivity index (χ1v) is 7.16. The van der Waals surface area contributed by atoms with Gasteiger partial charge in [-0.15, -0.1) is 11.3 Å². The lowest BCUT2D eigenvalue weighted by atomic mass is 10.3. The molecule has 1 heterocycles. The normalized spacial score (nSPS) is 12.0. The van der Waals surface area contributed by atoms with Crippen molar-refractivity contribution >= 4 is 39.2 Å². The molecule has 18 heavy (non-hydrogen) atoms. The first kappa shape index (κ1) is 12.9. The number of hydrogen-bond acceptors (Lipinski definition) is 5. The fraction of sp³-hybridized carbons (Fsp3) is 0.250. The van der Waals surface area contributed by atoms with Crippen molar-refractivity contribution in [3.8, 4) is 6.07 Å². The van der Waals surface area contributed by atoms with Crippen LogP contribution >= 0.6 is 23.1 Å². The highest BCUT2D eigenvalue weighted by atomic mass is 32.2. The lowest BCUT2D eigenvalue weighted by molar-refractivity contribution is -0.118. The molecule has 0 fully saturated rings. The summed E-state index contributed by atoms with van der Waals surface area (Å²) in [5, 5.41) is 11.2. The minimum absolute atomic E-state index is 0.145. The number of hydrogen-bond donors (Lipinski definition) is 1. The molecule has 1 atom stereocenters. The maximum absolute atomic E-state index is 11.5. The minimum Gasteiger partial charge on any atom is -0.340 e. The number of fused-ring (bicyclic) bond motifs is 1. The Morgan fingerprint density at radius 2 is 2.39 bits per heavy atom. The van der Waals surface area contributed by atoms with Crippen LogP contribution in [0.1, 0.15) is 6.92 Å². The number of carbonyl (C=O) groups is 1. The average Bonchev–Trinajstić information content (AvgIpc) is 2.79. The van der Waals surface area contributed by atoms with Gasteiger partial charge in [-0.25, -0.2) is 4.98 Å². The Morgan fingerprint density at radius 3 is 3.11 bits per heavy atom. The third kappa shape index (κ3) is 3.22. The highest BCUT2D eigenvalue weighted by molar-refractivity contribution is 8.01. The average molecular weight is 277 g/mol. The molecule has 1 aromatic heterocycles. The van der Waals surface area contributed by atoms with Crippen molar-refractivity contribution in [2.75, 3.05) is 5.75 Å². The topological polar surface area (TPSA) is 65.8 Å². The first-order valence-electron chi connectivity index (χ1n) is 5.36. The van der Waals surface area contributed by atoms with E-state index in [-0.39, 0.29) is 11.7 Å². The molecular formula is C12H11N3OS2. The quantitative estimate of drug-likeness (QED) is 0.872. The molecule has 6 heteroatoms. The molecule has 4 nitrogen and oxygen atoms in total. The van der Waals surface area contributed by atoms with Crippen LogP contribution in [0, 0.1) is 11.3 Å². The molecule has 92 valence electrons. The third-order valence-electron chi connectivity index (χ3n) is 2.17. The highest BCUT2D eigenvalue weighted by Crippen LogP contribution is 2.28. The molecule has 0 unspecified atom stereocenters. The van der Waals surface area contributed by atoms with Gasteiger partial charge in [-0.1, -0.05) is 23.9 Å². The van der Waals surface area contributed by atoms with E-state index in [0.29, 0.717) is 0 Å². The standard InChI is InChI=1S/C12H11N3OS2/c1-8(6-13)14-11(16)7-17-12-15-9-4-2-3-5-10(9)18-12/h2-5,8H,7H2,1H3,(H,14,16)/t8-/m1/s1. The monoisotopic (exact) mass is 277 g/mol. The van der Waals surface area contributed by atoms with Gasteiger partial charge in [-0.3, -0.25) is 4.79 Å². The van der Waals surface area contributed by atoms with E-state index in [2.05, 4.69) is 10.3 Å². The van der Waals surface area contributed by atoms with Gasteiger partial charge >= 0.3 is 0 Å². The number of benzene rings is 1. The Labute approximate surface area is 113 Å². The van der Waals surface area contributed by atoms with Crippen molar-refractivity contribution in [2.24, 2.45) is 0 Å². The fourth-order valence-electron chi connectivity index (χ4n) is 1.36. The highest BCUT2D eigenvalue weighted by Gasteiger charge is 2.09. The largest absolute Gasteiger partial charge is 0.340 e. The summed E-state index contributed by atoms with van der Waals surface area (Å²) in [6.07, 6.45) is 0. The van der Waals surface area contributed by atoms with Crippen LogP contribution in [-0.4, -0.2) is 22.7 Å². The Hall–Kier alpha value is -1.58. The van der Waals surface area contributed by atoms with Gasteiger partial charge < -0.3 is 5.32 Å². The molecule has 0 aliphatic rings. The van der Waals surface area contributed by atoms with Gasteiger partial charge in [0.15, 0.2) is 4.34 Å². The van der Waals surface area contributed by atoms with Crippen molar-refractivity contribution in [1.82, 2.24) is 10.3 Å². The number of nitrogens with zero attached hydrogens (tertiary/aromatic N) is 2. The van der Waals surface area contributed by atoms with Crippen molar-refractivity contribution in [2.45, 2.75) is 17.3 Å². The van der Waals surface area contributed by atoms with Crippen molar-refractivity contribution in [3.63, 3.8) is 0 Å². The van der Waals surface area contributed by atoms with E-state index >= 15 is 0 Å². The zero-order chi connectivity index (χ0) is 13.0. The number of aromatic nitrogens is 1. The van der Waals surface area contributed by atoms with Crippen LogP contribution in [0.25, 0.3) is 10.2 Å². The maximum Gasteiger partial charge on any atom is 0.231 e. The molecule has 0 saturated heterocycles. The van der Waals surface area contributed by atoms with E-state index in [1.807, 2.05) is 30.3 Å². The second kappa shape index (κ2) is 5.85. The molecule has 2 aromatic rings. The summed E-state index contributed by atoms with van der Waals surface area (Å²) in [4.78, 5) is 15.9. The Morgan fingerprint density at radius 1 is 1.61 bits per heavy atom. The SMILES string of the molecule is C[C@H](C#N)NC(=O)CSc1nc2ccccc2s1. The van der Waals surface area contributed by atoms with Gasteiger partial charge in [0.1, 0.15) is 6.04 Å². The van der Waals surface area contributed by atoms with Crippen LogP contribution in [0.4, 0.5) is 0 Å². The van der Waals surface area contributed by atoms with Crippen molar-refractivity contribution in [3.05, 3.63) is 24.3 Å². The lowest BCUT2D eigenvalue weighted by Gasteiger charge is -2.04. The number of nitriles is 1. The lowest BCUT2D eigenvalue weighted by Crippen LogP contribution is -2.32. The summed E-state index contributed by atoms with van der Waals surface area (Å²) < 4.78 is 1.99. The predicted octanol–water partition coefficient (Wildman–Crippen LogP) is 2.42. The van der Waals surface area contributed by atoms with Crippen molar-refractivity contribution < 1.29 is 4.79 Å². The smallest absolute Gasteiger partial charge is 0.231 e. The van der Waals surface area contributed by atoms with Crippen LogP contribution in [0.15, 0.2) is 28.6 Å². The number of amides is 1. The number of rotatable bonds is 4. The van der Waals surface area contributed by atoms with Gasteiger partial charge in [0, 0.05) is 0 Å². The van der Waals surface area contributed by atoms with Gasteiger partial charge in [0.05, 0.1) is 22.0 Å². The second-order valence-electron chi connectivity index (χ2n) is 3.65. The molecule has 2 rings (SSSR count). The summed E-state index contributed by atoms with van der Waals surface area (Å²) in [5.74, 6) is 0.138. The van der Waals surface area contributed by atoms with Crippen LogP contribution in [0.2, 0.25) is 0 Å². The van der Waals surface area contributed by atoms with Gasteiger partial charge in [0.25, 0.3) is 0 Å². The van der Waals surface area contributed by atoms with E-state index in [1.54, 1.807) is 18.3 Å². The predicted molar refractivity (Wildman–Crippen MR) is 73.6 cm³/mol. The molecule has 0 saturated carbocycles. The molecule has 0 spiro atoms. The zero-order valence-corrected chi connectivity index (χ0v) is 11.3. The van der Waals surface area contributed by atoms with Crippen LogP contribution in [0.3, 0.4) is 0 Å². The van der Waals surface area contributed by atoms with Gasteiger partial charge in [-0.05, 0) is 19.1 Å². The fourth-order valence-corrected chi connectivity index (χ4v) is 3.24. The summed E-state index contributed by atoms with van der Waals surface area (Å²) in [6.45, 7) is 1.65. The Kier molecular flexibility index (Phi) is 4.18. The van der Waals surface area contributed by atoms with Gasteiger partial charge in [-0.2, -0.15) is 5.26 Å². The Balaban J connectivity index is 1.94. The Bertz CT molecular complexity index is 570. The number of thioether (sulfide) groups is 1. The number of carbonyl (C=O) groups excluding carboxylic acids is 1. The number of thiazole rings is 1. The van der Waals surface area contributed by atoms with Crippen LogP contribution in [-0.2, 0) is 4.79 Å². The van der Waals surface area contributed by atoms with Crippen LogP contribution < -0.4 is 5.32 Å². The summed E-state index contributed by atoms with van der Waals surface area (Å²) in [7, 11) is 0. The molecule has 0 aliphatic heterocycles. The molecule has 0 bridgehead atoms. The molecule has 1 N–H and O–H groups in total. The van der Waals surface area contributed by atoms with Crippen molar-refractivity contribution in [1.29, 1.82) is 5.26 Å². The number of nitrogens with one attached hydrogen (secondary N) is 1. The van der Waals surface area contributed by atoms with E-state index in [1.165, 1.54) is 11.8 Å². The first-order chi connectivity index (χ1) is 8.69. The minimum atomic E-state index is -0.450. The maximum atomic E-state index is 11.5. The zero-order valence-electron chi connectivity index (χ0n) is 9.71. The summed E-state index contributed by atoms with van der Waals surface area (Å²) in [6, 6.07) is 9.38.